The molecule has 2 aliphatic heterocycles. The van der Waals surface area contributed by atoms with Gasteiger partial charge in [0, 0.05) is 31.1 Å². The first-order valence-corrected chi connectivity index (χ1v) is 15.5. The van der Waals surface area contributed by atoms with Gasteiger partial charge in [0.15, 0.2) is 5.82 Å². The summed E-state index contributed by atoms with van der Waals surface area (Å²) in [6.45, 7) is 4.74. The summed E-state index contributed by atoms with van der Waals surface area (Å²) in [6.07, 6.45) is 0.744. The quantitative estimate of drug-likeness (QED) is 0.364. The Balaban J connectivity index is 0.00000442. The molecular formula is C29H38FN5O8S. The third kappa shape index (κ3) is 7.16. The molecule has 0 spiro atoms. The third-order valence-corrected chi connectivity index (χ3v) is 8.83. The number of amides is 3. The number of halogens is 1. The fourth-order valence-corrected chi connectivity index (χ4v) is 6.45. The first kappa shape index (κ1) is 32.8. The molecule has 13 nitrogen and oxygen atoms in total. The van der Waals surface area contributed by atoms with Crippen LogP contribution in [0.15, 0.2) is 36.4 Å². The van der Waals surface area contributed by atoms with Crippen molar-refractivity contribution in [3.8, 4) is 5.75 Å². The zero-order valence-corrected chi connectivity index (χ0v) is 25.7. The van der Waals surface area contributed by atoms with Crippen LogP contribution < -0.4 is 24.8 Å². The van der Waals surface area contributed by atoms with Crippen LogP contribution in [0.4, 0.5) is 25.4 Å². The summed E-state index contributed by atoms with van der Waals surface area (Å²) in [5, 5.41) is 10.3. The highest BCUT2D eigenvalue weighted by molar-refractivity contribution is 7.92. The molecule has 5 N–H and O–H groups in total. The number of benzene rings is 2. The van der Waals surface area contributed by atoms with E-state index in [0.717, 1.165) is 24.2 Å². The van der Waals surface area contributed by atoms with Gasteiger partial charge in [0.2, 0.25) is 0 Å². The monoisotopic (exact) mass is 635 g/mol. The van der Waals surface area contributed by atoms with Crippen molar-refractivity contribution in [2.75, 3.05) is 28.8 Å². The molecule has 44 heavy (non-hydrogen) atoms. The van der Waals surface area contributed by atoms with Crippen LogP contribution in [0, 0.1) is 11.7 Å². The van der Waals surface area contributed by atoms with Crippen LogP contribution in [0.5, 0.6) is 5.75 Å². The SMILES string of the molecule is CC(C)(C)OC(=O)N(CCC1CC1)C[C@H]1Cc2c(cc(OCc3ccccc3)c(N3CC(=O)NS3(=O)=O)c2F)N1C(=O)O.N. The maximum absolute atomic E-state index is 16.4. The molecule has 2 fully saturated rings. The summed E-state index contributed by atoms with van der Waals surface area (Å²) in [5.74, 6) is -1.62. The van der Waals surface area contributed by atoms with Crippen LogP contribution in [0.2, 0.25) is 0 Å². The highest BCUT2D eigenvalue weighted by atomic mass is 32.2. The number of carbonyl (C=O) groups is 3. The highest BCUT2D eigenvalue weighted by Crippen LogP contribution is 2.46. The molecule has 5 rings (SSSR count). The fraction of sp³-hybridized carbons (Fsp3) is 0.483. The van der Waals surface area contributed by atoms with Crippen LogP contribution in [-0.4, -0.2) is 67.8 Å². The fourth-order valence-electron chi connectivity index (χ4n) is 5.29. The number of rotatable bonds is 9. The minimum atomic E-state index is -4.42. The maximum Gasteiger partial charge on any atom is 0.412 e. The summed E-state index contributed by atoms with van der Waals surface area (Å²) in [5.41, 5.74) is -0.653. The van der Waals surface area contributed by atoms with Crippen molar-refractivity contribution in [2.45, 2.75) is 64.7 Å². The normalized spacial score (nSPS) is 18.7. The van der Waals surface area contributed by atoms with E-state index in [1.165, 1.54) is 11.0 Å². The summed E-state index contributed by atoms with van der Waals surface area (Å²) in [6, 6.07) is 9.25. The molecule has 1 saturated heterocycles. The van der Waals surface area contributed by atoms with E-state index >= 15 is 4.39 Å². The topological polar surface area (TPSA) is 181 Å². The molecular weight excluding hydrogens is 597 g/mol. The largest absolute Gasteiger partial charge is 0.487 e. The van der Waals surface area contributed by atoms with Gasteiger partial charge in [0.25, 0.3) is 5.91 Å². The molecule has 2 heterocycles. The minimum Gasteiger partial charge on any atom is -0.487 e. The van der Waals surface area contributed by atoms with Crippen molar-refractivity contribution >= 4 is 39.7 Å². The van der Waals surface area contributed by atoms with Gasteiger partial charge in [0.1, 0.15) is 30.2 Å². The Labute approximate surface area is 255 Å². The molecule has 0 unspecified atom stereocenters. The van der Waals surface area contributed by atoms with E-state index in [4.69, 9.17) is 9.47 Å². The lowest BCUT2D eigenvalue weighted by atomic mass is 10.1. The van der Waals surface area contributed by atoms with Crippen LogP contribution in [0.1, 0.15) is 51.2 Å². The van der Waals surface area contributed by atoms with E-state index < -0.39 is 58.0 Å². The van der Waals surface area contributed by atoms with Crippen molar-refractivity contribution in [1.29, 1.82) is 0 Å². The zero-order chi connectivity index (χ0) is 31.1. The lowest BCUT2D eigenvalue weighted by molar-refractivity contribution is -0.117. The molecule has 0 aromatic heterocycles. The number of nitrogens with one attached hydrogen (secondary N) is 1. The molecule has 1 aliphatic carbocycles. The molecule has 3 amide bonds. The first-order valence-electron chi connectivity index (χ1n) is 14.1. The van der Waals surface area contributed by atoms with Gasteiger partial charge in [0.05, 0.1) is 11.7 Å². The van der Waals surface area contributed by atoms with Crippen molar-refractivity contribution in [3.63, 3.8) is 0 Å². The Bertz CT molecular complexity index is 1530. The second-order valence-corrected chi connectivity index (χ2v) is 13.6. The molecule has 3 aliphatic rings. The van der Waals surface area contributed by atoms with E-state index in [1.807, 2.05) is 4.72 Å². The number of ether oxygens (including phenoxy) is 2. The summed E-state index contributed by atoms with van der Waals surface area (Å²) < 4.78 is 55.9. The molecule has 15 heteroatoms. The van der Waals surface area contributed by atoms with E-state index in [0.29, 0.717) is 22.3 Å². The highest BCUT2D eigenvalue weighted by Gasteiger charge is 2.44. The Morgan fingerprint density at radius 2 is 1.86 bits per heavy atom. The Kier molecular flexibility index (Phi) is 9.30. The van der Waals surface area contributed by atoms with Crippen LogP contribution in [0.3, 0.4) is 0 Å². The van der Waals surface area contributed by atoms with Crippen molar-refractivity contribution in [1.82, 2.24) is 15.8 Å². The first-order chi connectivity index (χ1) is 20.2. The maximum atomic E-state index is 16.4. The van der Waals surface area contributed by atoms with Gasteiger partial charge in [-0.2, -0.15) is 8.42 Å². The average Bonchev–Trinajstić information content (AvgIpc) is 3.60. The zero-order valence-electron chi connectivity index (χ0n) is 24.9. The van der Waals surface area contributed by atoms with Crippen molar-refractivity contribution in [2.24, 2.45) is 5.92 Å². The summed E-state index contributed by atoms with van der Waals surface area (Å²) in [7, 11) is -4.42. The molecule has 1 saturated carbocycles. The second-order valence-electron chi connectivity index (χ2n) is 12.0. The number of carboxylic acid groups (broad SMARTS) is 1. The van der Waals surface area contributed by atoms with E-state index in [2.05, 4.69) is 0 Å². The summed E-state index contributed by atoms with van der Waals surface area (Å²) >= 11 is 0. The number of nitrogens with zero attached hydrogens (tertiary/aromatic N) is 3. The average molecular weight is 636 g/mol. The van der Waals surface area contributed by atoms with E-state index in [1.54, 1.807) is 51.1 Å². The third-order valence-electron chi connectivity index (χ3n) is 7.45. The number of hydrogen-bond acceptors (Lipinski definition) is 8. The Morgan fingerprint density at radius 1 is 1.18 bits per heavy atom. The molecule has 1 atom stereocenters. The van der Waals surface area contributed by atoms with E-state index in [9.17, 15) is 27.9 Å². The molecule has 2 aromatic rings. The number of carbonyl (C=O) groups excluding carboxylic acids is 2. The molecule has 0 radical (unpaired) electrons. The molecule has 0 bridgehead atoms. The van der Waals surface area contributed by atoms with Crippen LogP contribution in [-0.2, 0) is 32.8 Å². The number of hydrogen-bond donors (Lipinski definition) is 3. The molecule has 240 valence electrons. The van der Waals surface area contributed by atoms with E-state index in [-0.39, 0.29) is 42.7 Å². The predicted molar refractivity (Wildman–Crippen MR) is 160 cm³/mol. The van der Waals surface area contributed by atoms with Gasteiger partial charge >= 0.3 is 22.4 Å². The van der Waals surface area contributed by atoms with Gasteiger partial charge < -0.3 is 25.6 Å². The lowest BCUT2D eigenvalue weighted by Crippen LogP contribution is -2.48. The second kappa shape index (κ2) is 12.5. The van der Waals surface area contributed by atoms with Crippen molar-refractivity contribution in [3.05, 3.63) is 53.3 Å². The van der Waals surface area contributed by atoms with Crippen LogP contribution >= 0.6 is 0 Å². The van der Waals surface area contributed by atoms with Gasteiger partial charge in [-0.15, -0.1) is 0 Å². The van der Waals surface area contributed by atoms with Gasteiger partial charge in [-0.05, 0) is 38.7 Å². The number of anilines is 2. The standard InChI is InChI=1S/C29H35FN4O8S.H3N/c1-29(2,3)42-28(38)32(12-11-18-9-10-18)15-20-13-21-22(34(20)27(36)37)14-23(41-17-19-7-5-4-6-8-19)26(25(21)30)33-16-24(35)31-43(33,39)40;/h4-8,14,18,20H,9-13,15-17H2,1-3H3,(H,31,35)(H,36,37);1H3/t20-;/m1./s1. The van der Waals surface area contributed by atoms with Gasteiger partial charge in [-0.25, -0.2) is 23.0 Å². The number of fused-ring (bicyclic) bond motifs is 1. The Hall–Kier alpha value is -4.11. The van der Waals surface area contributed by atoms with Gasteiger partial charge in [-0.1, -0.05) is 43.2 Å². The lowest BCUT2D eigenvalue weighted by Gasteiger charge is -2.31. The predicted octanol–water partition coefficient (Wildman–Crippen LogP) is 4.19. The van der Waals surface area contributed by atoms with Crippen LogP contribution in [0.25, 0.3) is 0 Å². The Morgan fingerprint density at radius 3 is 2.43 bits per heavy atom. The minimum absolute atomic E-state index is 0. The molecule has 2 aromatic carbocycles. The van der Waals surface area contributed by atoms with Crippen molar-refractivity contribution < 1.29 is 41.8 Å². The summed E-state index contributed by atoms with van der Waals surface area (Å²) in [4.78, 5) is 40.2. The van der Waals surface area contributed by atoms with Gasteiger partial charge in [-0.3, -0.25) is 9.69 Å². The smallest absolute Gasteiger partial charge is 0.412 e.